The first-order chi connectivity index (χ1) is 13.8. The Labute approximate surface area is 197 Å². The highest BCUT2D eigenvalue weighted by atomic mass is 35.5. The van der Waals surface area contributed by atoms with Crippen LogP contribution in [0.5, 0.6) is 0 Å². The van der Waals surface area contributed by atoms with E-state index in [0.29, 0.717) is 38.9 Å². The van der Waals surface area contributed by atoms with Crippen molar-refractivity contribution in [3.05, 3.63) is 57.4 Å². The number of aryl methyl sites for hydroxylation is 1. The molecular formula is C22H30Cl3N3OSi. The van der Waals surface area contributed by atoms with E-state index in [1.54, 1.807) is 19.1 Å². The van der Waals surface area contributed by atoms with Crippen LogP contribution in [0.4, 0.5) is 11.5 Å². The van der Waals surface area contributed by atoms with Crippen LogP contribution < -0.4 is 5.32 Å². The van der Waals surface area contributed by atoms with Gasteiger partial charge in [0.15, 0.2) is 9.76 Å². The van der Waals surface area contributed by atoms with Gasteiger partial charge in [0.2, 0.25) is 0 Å². The summed E-state index contributed by atoms with van der Waals surface area (Å²) in [6, 6.07) is 5.27. The van der Waals surface area contributed by atoms with Gasteiger partial charge in [-0.25, -0.2) is 9.97 Å². The number of nitrogens with zero attached hydrogens (tertiary/aromatic N) is 2. The summed E-state index contributed by atoms with van der Waals surface area (Å²) in [5.74, 6) is 1.08. The predicted octanol–water partition coefficient (Wildman–Crippen LogP) is 7.25. The Bertz CT molecular complexity index is 913. The summed E-state index contributed by atoms with van der Waals surface area (Å²) >= 11 is 19.1. The first kappa shape index (κ1) is 25.2. The molecule has 1 N–H and O–H groups in total. The number of allylic oxidation sites excluding steroid dienone is 1. The number of aromatic nitrogens is 2. The molecule has 1 atom stereocenters. The monoisotopic (exact) mass is 485 g/mol. The molecule has 4 nitrogen and oxygen atoms in total. The summed E-state index contributed by atoms with van der Waals surface area (Å²) in [7, 11) is -0.794. The SMILES string of the molecule is C=CCC(c1c(Cl)nc(C)nc1Nc1ccc(Cl)cc1Cl)C(C)(C)O[SiH2]C(C)(C)C. The summed E-state index contributed by atoms with van der Waals surface area (Å²) in [5, 5.41) is 4.96. The van der Waals surface area contributed by atoms with Crippen molar-refractivity contribution in [2.24, 2.45) is 0 Å². The maximum atomic E-state index is 6.67. The third-order valence-electron chi connectivity index (χ3n) is 4.66. The van der Waals surface area contributed by atoms with Gasteiger partial charge < -0.3 is 9.74 Å². The molecule has 2 rings (SSSR count). The molecule has 0 spiro atoms. The van der Waals surface area contributed by atoms with Gasteiger partial charge >= 0.3 is 0 Å². The molecule has 0 aliphatic heterocycles. The van der Waals surface area contributed by atoms with E-state index in [1.807, 2.05) is 12.1 Å². The summed E-state index contributed by atoms with van der Waals surface area (Å²) in [6.45, 7) is 16.6. The van der Waals surface area contributed by atoms with E-state index in [-0.39, 0.29) is 11.0 Å². The van der Waals surface area contributed by atoms with Crippen LogP contribution in [0.25, 0.3) is 0 Å². The molecule has 0 radical (unpaired) electrons. The molecule has 0 aliphatic rings. The third kappa shape index (κ3) is 6.69. The summed E-state index contributed by atoms with van der Waals surface area (Å²) in [6.07, 6.45) is 2.55. The van der Waals surface area contributed by atoms with Crippen molar-refractivity contribution < 1.29 is 4.43 Å². The molecule has 30 heavy (non-hydrogen) atoms. The summed E-state index contributed by atoms with van der Waals surface area (Å²) < 4.78 is 6.50. The normalized spacial score (nSPS) is 13.6. The quantitative estimate of drug-likeness (QED) is 0.242. The Hall–Kier alpha value is -1.11. The number of benzene rings is 1. The predicted molar refractivity (Wildman–Crippen MR) is 133 cm³/mol. The average molecular weight is 487 g/mol. The molecule has 1 aromatic heterocycles. The van der Waals surface area contributed by atoms with Crippen molar-refractivity contribution in [2.45, 2.75) is 64.5 Å². The van der Waals surface area contributed by atoms with Gasteiger partial charge in [0.1, 0.15) is 16.8 Å². The van der Waals surface area contributed by atoms with Gasteiger partial charge in [0, 0.05) is 16.5 Å². The minimum Gasteiger partial charge on any atom is -0.418 e. The van der Waals surface area contributed by atoms with Crippen molar-refractivity contribution in [3.63, 3.8) is 0 Å². The van der Waals surface area contributed by atoms with Gasteiger partial charge in [-0.05, 0) is 50.4 Å². The number of hydrogen-bond acceptors (Lipinski definition) is 4. The fourth-order valence-corrected chi connectivity index (χ4v) is 4.89. The van der Waals surface area contributed by atoms with E-state index in [0.717, 1.165) is 5.56 Å². The highest BCUT2D eigenvalue weighted by Crippen LogP contribution is 2.42. The van der Waals surface area contributed by atoms with Gasteiger partial charge in [-0.2, -0.15) is 0 Å². The Morgan fingerprint density at radius 3 is 2.40 bits per heavy atom. The molecule has 1 aromatic carbocycles. The first-order valence-electron chi connectivity index (χ1n) is 9.85. The molecule has 0 saturated heterocycles. The van der Waals surface area contributed by atoms with Crippen LogP contribution in [0, 0.1) is 6.92 Å². The molecule has 0 aliphatic carbocycles. The molecule has 0 saturated carbocycles. The molecular weight excluding hydrogens is 457 g/mol. The van der Waals surface area contributed by atoms with Gasteiger partial charge in [-0.1, -0.05) is 61.7 Å². The Morgan fingerprint density at radius 2 is 1.83 bits per heavy atom. The van der Waals surface area contributed by atoms with Crippen LogP contribution in [0.1, 0.15) is 58.3 Å². The van der Waals surface area contributed by atoms with Crippen molar-refractivity contribution >= 4 is 56.1 Å². The molecule has 0 fully saturated rings. The van der Waals surface area contributed by atoms with Gasteiger partial charge in [0.05, 0.1) is 16.3 Å². The van der Waals surface area contributed by atoms with Crippen LogP contribution in [-0.2, 0) is 4.43 Å². The number of hydrogen-bond donors (Lipinski definition) is 1. The second kappa shape index (κ2) is 10.0. The van der Waals surface area contributed by atoms with Crippen molar-refractivity contribution in [1.29, 1.82) is 0 Å². The zero-order chi connectivity index (χ0) is 22.7. The van der Waals surface area contributed by atoms with Crippen LogP contribution >= 0.6 is 34.8 Å². The summed E-state index contributed by atoms with van der Waals surface area (Å²) in [4.78, 5) is 9.06. The second-order valence-corrected chi connectivity index (χ2v) is 13.0. The van der Waals surface area contributed by atoms with Gasteiger partial charge in [-0.3, -0.25) is 0 Å². The van der Waals surface area contributed by atoms with E-state index in [9.17, 15) is 0 Å². The highest BCUT2D eigenvalue weighted by Gasteiger charge is 2.36. The fraction of sp³-hybridized carbons (Fsp3) is 0.455. The lowest BCUT2D eigenvalue weighted by Crippen LogP contribution is -2.37. The van der Waals surface area contributed by atoms with Crippen molar-refractivity contribution in [3.8, 4) is 0 Å². The highest BCUT2D eigenvalue weighted by molar-refractivity contribution is 6.36. The van der Waals surface area contributed by atoms with E-state index >= 15 is 0 Å². The average Bonchev–Trinajstić information content (AvgIpc) is 2.60. The van der Waals surface area contributed by atoms with Gasteiger partial charge in [0.25, 0.3) is 0 Å². The van der Waals surface area contributed by atoms with Crippen LogP contribution in [0.2, 0.25) is 20.2 Å². The molecule has 0 amide bonds. The van der Waals surface area contributed by atoms with Crippen LogP contribution in [0.15, 0.2) is 30.9 Å². The number of anilines is 2. The van der Waals surface area contributed by atoms with E-state index in [2.05, 4.69) is 56.5 Å². The van der Waals surface area contributed by atoms with Crippen LogP contribution in [0.3, 0.4) is 0 Å². The topological polar surface area (TPSA) is 47.0 Å². The summed E-state index contributed by atoms with van der Waals surface area (Å²) in [5.41, 5.74) is 1.01. The van der Waals surface area contributed by atoms with Crippen LogP contribution in [-0.4, -0.2) is 25.3 Å². The smallest absolute Gasteiger partial charge is 0.167 e. The lowest BCUT2D eigenvalue weighted by molar-refractivity contribution is 0.0785. The van der Waals surface area contributed by atoms with E-state index in [4.69, 9.17) is 39.2 Å². The maximum absolute atomic E-state index is 6.67. The molecule has 8 heteroatoms. The Kier molecular flexibility index (Phi) is 8.39. The minimum absolute atomic E-state index is 0.0912. The largest absolute Gasteiger partial charge is 0.418 e. The lowest BCUT2D eigenvalue weighted by Gasteiger charge is -2.37. The lowest BCUT2D eigenvalue weighted by atomic mass is 9.83. The Morgan fingerprint density at radius 1 is 1.17 bits per heavy atom. The molecule has 2 aromatic rings. The van der Waals surface area contributed by atoms with Gasteiger partial charge in [-0.15, -0.1) is 6.58 Å². The Balaban J connectivity index is 2.54. The fourth-order valence-electron chi connectivity index (χ4n) is 3.09. The van der Waals surface area contributed by atoms with E-state index in [1.165, 1.54) is 0 Å². The zero-order valence-corrected chi connectivity index (χ0v) is 22.1. The standard InChI is InChI=1S/C22H30Cl3N3OSi/c1-8-9-15(22(6,7)29-30-21(3,4)5)18-19(25)26-13(2)27-20(18)28-17-11-10-14(23)12-16(17)24/h8,10-12,15H,1,9,30H2,2-7H3,(H,26,27,28). The number of halogens is 3. The molecule has 0 bridgehead atoms. The van der Waals surface area contributed by atoms with Crippen molar-refractivity contribution in [1.82, 2.24) is 9.97 Å². The minimum atomic E-state index is -0.794. The van der Waals surface area contributed by atoms with E-state index < -0.39 is 15.4 Å². The first-order valence-corrected chi connectivity index (χ1v) is 12.3. The maximum Gasteiger partial charge on any atom is 0.167 e. The second-order valence-electron chi connectivity index (χ2n) is 9.10. The number of nitrogens with one attached hydrogen (secondary N) is 1. The zero-order valence-electron chi connectivity index (χ0n) is 18.4. The molecule has 164 valence electrons. The van der Waals surface area contributed by atoms with Crippen molar-refractivity contribution in [2.75, 3.05) is 5.32 Å². The molecule has 1 heterocycles. The third-order valence-corrected chi connectivity index (χ3v) is 7.25. The molecule has 1 unspecified atom stereocenters. The number of rotatable bonds is 8.